The highest BCUT2D eigenvalue weighted by molar-refractivity contribution is 6.01. The zero-order valence-corrected chi connectivity index (χ0v) is 21.4. The monoisotopic (exact) mass is 499 g/mol. The Balaban J connectivity index is 1.47. The molecule has 0 unspecified atom stereocenters. The van der Waals surface area contributed by atoms with Gasteiger partial charge in [0.05, 0.1) is 24.7 Å². The minimum Gasteiger partial charge on any atom is -0.392 e. The van der Waals surface area contributed by atoms with Crippen molar-refractivity contribution in [3.63, 3.8) is 0 Å². The van der Waals surface area contributed by atoms with Crippen LogP contribution in [0, 0.1) is 5.92 Å². The summed E-state index contributed by atoms with van der Waals surface area (Å²) in [5.41, 5.74) is 1.42. The van der Waals surface area contributed by atoms with E-state index in [9.17, 15) is 24.3 Å². The highest BCUT2D eigenvalue weighted by Gasteiger charge is 2.53. The van der Waals surface area contributed by atoms with Crippen LogP contribution >= 0.6 is 0 Å². The molecule has 3 N–H and O–H groups in total. The normalized spacial score (nSPS) is 26.3. The number of nitrogens with zero attached hydrogens (tertiary/aromatic N) is 3. The number of β-amino-alcohol motifs (C(OH)–C–C–N with tert-alkyl or cyclic N) is 1. The minimum atomic E-state index is -0.769. The van der Waals surface area contributed by atoms with Crippen molar-refractivity contribution in [3.05, 3.63) is 29.8 Å². The smallest absolute Gasteiger partial charge is 0.251 e. The third-order valence-corrected chi connectivity index (χ3v) is 7.35. The van der Waals surface area contributed by atoms with Gasteiger partial charge in [0, 0.05) is 38.4 Å². The number of nitrogens with one attached hydrogen (secondary N) is 2. The molecule has 1 aromatic rings. The second kappa shape index (κ2) is 10.6. The minimum absolute atomic E-state index is 0.0361. The Bertz CT molecular complexity index is 1010. The second-order valence-corrected chi connectivity index (χ2v) is 10.7. The molecule has 0 radical (unpaired) electrons. The van der Waals surface area contributed by atoms with E-state index in [1.165, 1.54) is 0 Å². The highest BCUT2D eigenvalue weighted by Crippen LogP contribution is 2.32. The van der Waals surface area contributed by atoms with Gasteiger partial charge in [-0.05, 0) is 49.4 Å². The van der Waals surface area contributed by atoms with Crippen LogP contribution in [0.2, 0.25) is 0 Å². The predicted molar refractivity (Wildman–Crippen MR) is 135 cm³/mol. The number of Topliss-reactive ketones (excluding diaryl/α,β-unsaturated/α-hetero) is 1. The number of ketones is 1. The van der Waals surface area contributed by atoms with Crippen molar-refractivity contribution in [2.75, 3.05) is 38.6 Å². The molecule has 0 aliphatic carbocycles. The molecule has 3 aliphatic rings. The largest absolute Gasteiger partial charge is 0.392 e. The molecule has 0 saturated carbocycles. The molecule has 10 nitrogen and oxygen atoms in total. The number of anilines is 1. The Labute approximate surface area is 212 Å². The van der Waals surface area contributed by atoms with Gasteiger partial charge in [0.1, 0.15) is 12.1 Å². The number of likely N-dealkylation sites (tertiary alicyclic amines) is 2. The zero-order valence-electron chi connectivity index (χ0n) is 21.4. The predicted octanol–water partition coefficient (Wildman–Crippen LogP) is 0.000700. The Morgan fingerprint density at radius 1 is 1.17 bits per heavy atom. The van der Waals surface area contributed by atoms with Crippen LogP contribution in [0.4, 0.5) is 5.69 Å². The number of amides is 3. The lowest BCUT2D eigenvalue weighted by atomic mass is 10.0. The summed E-state index contributed by atoms with van der Waals surface area (Å²) in [7, 11) is 3.84. The number of aliphatic hydroxyl groups excluding tert-OH is 1. The summed E-state index contributed by atoms with van der Waals surface area (Å²) in [6.07, 6.45) is 0.697. The first-order valence-corrected chi connectivity index (χ1v) is 12.7. The standard InChI is InChI=1S/C26H37N5O5/c1-15(2)11-20(28-24(34)16-5-7-17(8-6-16)29(3)4)26(36)30-10-9-21-23(30)22(33)14-31(21)25(35)19-12-18(32)13-27-19/h5-8,15,18-21,23,27,32H,9-14H2,1-4H3,(H,28,34)/t18-,19+,20+,21-,23+/m1/s1. The number of carbonyl (C=O) groups excluding carboxylic acids is 4. The summed E-state index contributed by atoms with van der Waals surface area (Å²) in [6, 6.07) is 4.80. The number of fused-ring (bicyclic) bond motifs is 1. The average molecular weight is 500 g/mol. The molecule has 196 valence electrons. The SMILES string of the molecule is CC(C)C[C@H](NC(=O)c1ccc(N(C)C)cc1)C(=O)N1CC[C@@H]2[C@H]1C(=O)CN2C(=O)[C@@H]1C[C@@H](O)CN1. The van der Waals surface area contributed by atoms with E-state index in [0.29, 0.717) is 37.9 Å². The molecule has 5 atom stereocenters. The Hall–Kier alpha value is -2.98. The summed E-state index contributed by atoms with van der Waals surface area (Å²) >= 11 is 0. The Morgan fingerprint density at radius 2 is 1.86 bits per heavy atom. The fourth-order valence-electron chi connectivity index (χ4n) is 5.51. The van der Waals surface area contributed by atoms with E-state index in [0.717, 1.165) is 5.69 Å². The van der Waals surface area contributed by atoms with Gasteiger partial charge in [-0.25, -0.2) is 0 Å². The fourth-order valence-corrected chi connectivity index (χ4v) is 5.51. The molecule has 3 fully saturated rings. The van der Waals surface area contributed by atoms with E-state index in [2.05, 4.69) is 10.6 Å². The van der Waals surface area contributed by atoms with Crippen molar-refractivity contribution in [1.29, 1.82) is 0 Å². The maximum Gasteiger partial charge on any atom is 0.251 e. The summed E-state index contributed by atoms with van der Waals surface area (Å²) in [5, 5.41) is 15.7. The number of rotatable bonds is 7. The molecule has 36 heavy (non-hydrogen) atoms. The number of hydrogen-bond donors (Lipinski definition) is 3. The van der Waals surface area contributed by atoms with Gasteiger partial charge < -0.3 is 30.4 Å². The number of benzene rings is 1. The van der Waals surface area contributed by atoms with Crippen molar-refractivity contribution < 1.29 is 24.3 Å². The molecule has 0 aromatic heterocycles. The van der Waals surface area contributed by atoms with Gasteiger partial charge in [-0.2, -0.15) is 0 Å². The summed E-state index contributed by atoms with van der Waals surface area (Å²) in [4.78, 5) is 57.8. The van der Waals surface area contributed by atoms with Crippen molar-refractivity contribution in [2.24, 2.45) is 5.92 Å². The van der Waals surface area contributed by atoms with Crippen molar-refractivity contribution in [2.45, 2.75) is 63.4 Å². The first-order valence-electron chi connectivity index (χ1n) is 12.7. The van der Waals surface area contributed by atoms with E-state index in [-0.39, 0.29) is 42.0 Å². The van der Waals surface area contributed by atoms with Crippen molar-refractivity contribution in [3.8, 4) is 0 Å². The van der Waals surface area contributed by atoms with E-state index < -0.39 is 24.2 Å². The second-order valence-electron chi connectivity index (χ2n) is 10.7. The molecule has 3 saturated heterocycles. The van der Waals surface area contributed by atoms with E-state index in [4.69, 9.17) is 0 Å². The molecular weight excluding hydrogens is 462 g/mol. The van der Waals surface area contributed by atoms with Gasteiger partial charge in [0.2, 0.25) is 11.8 Å². The first-order chi connectivity index (χ1) is 17.1. The van der Waals surface area contributed by atoms with Crippen LogP contribution in [0.15, 0.2) is 24.3 Å². The summed E-state index contributed by atoms with van der Waals surface area (Å²) < 4.78 is 0. The van der Waals surface area contributed by atoms with Crippen LogP contribution < -0.4 is 15.5 Å². The average Bonchev–Trinajstić information content (AvgIpc) is 3.54. The quantitative estimate of drug-likeness (QED) is 0.483. The summed E-state index contributed by atoms with van der Waals surface area (Å²) in [6.45, 7) is 4.63. The van der Waals surface area contributed by atoms with Gasteiger partial charge in [-0.15, -0.1) is 0 Å². The zero-order chi connectivity index (χ0) is 26.1. The fraction of sp³-hybridized carbons (Fsp3) is 0.615. The molecule has 3 amide bonds. The molecule has 3 aliphatic heterocycles. The van der Waals surface area contributed by atoms with E-state index >= 15 is 0 Å². The molecule has 4 rings (SSSR count). The number of hydrogen-bond acceptors (Lipinski definition) is 7. The lowest BCUT2D eigenvalue weighted by molar-refractivity contribution is -0.138. The van der Waals surface area contributed by atoms with Gasteiger partial charge in [-0.1, -0.05) is 13.8 Å². The lowest BCUT2D eigenvalue weighted by Crippen LogP contribution is -2.53. The van der Waals surface area contributed by atoms with Crippen LogP contribution in [-0.2, 0) is 14.4 Å². The maximum atomic E-state index is 13.7. The number of carbonyl (C=O) groups is 4. The molecule has 0 spiro atoms. The molecule has 3 heterocycles. The lowest BCUT2D eigenvalue weighted by Gasteiger charge is -2.29. The third kappa shape index (κ3) is 5.24. The first kappa shape index (κ1) is 26.1. The van der Waals surface area contributed by atoms with Crippen LogP contribution in [0.3, 0.4) is 0 Å². The summed E-state index contributed by atoms with van der Waals surface area (Å²) in [5.74, 6) is -0.838. The Kier molecular flexibility index (Phi) is 7.65. The molecule has 1 aromatic carbocycles. The Morgan fingerprint density at radius 3 is 2.44 bits per heavy atom. The number of aliphatic hydroxyl groups is 1. The van der Waals surface area contributed by atoms with Crippen LogP contribution in [0.5, 0.6) is 0 Å². The van der Waals surface area contributed by atoms with Gasteiger partial charge >= 0.3 is 0 Å². The van der Waals surface area contributed by atoms with Crippen LogP contribution in [-0.4, -0.2) is 102 Å². The van der Waals surface area contributed by atoms with Gasteiger partial charge in [-0.3, -0.25) is 19.2 Å². The van der Waals surface area contributed by atoms with Gasteiger partial charge in [0.25, 0.3) is 5.91 Å². The third-order valence-electron chi connectivity index (χ3n) is 7.35. The maximum absolute atomic E-state index is 13.7. The van der Waals surface area contributed by atoms with Gasteiger partial charge in [0.15, 0.2) is 5.78 Å². The van der Waals surface area contributed by atoms with Crippen LogP contribution in [0.1, 0.15) is 43.5 Å². The van der Waals surface area contributed by atoms with E-state index in [1.807, 2.05) is 45.0 Å². The van der Waals surface area contributed by atoms with Crippen molar-refractivity contribution >= 4 is 29.2 Å². The molecule has 0 bridgehead atoms. The highest BCUT2D eigenvalue weighted by atomic mass is 16.3. The molecular formula is C26H37N5O5. The van der Waals surface area contributed by atoms with E-state index in [1.54, 1.807) is 21.9 Å². The van der Waals surface area contributed by atoms with Crippen LogP contribution in [0.25, 0.3) is 0 Å². The molecule has 10 heteroatoms. The topological polar surface area (TPSA) is 122 Å². The van der Waals surface area contributed by atoms with Crippen molar-refractivity contribution in [1.82, 2.24) is 20.4 Å².